The van der Waals surface area contributed by atoms with Gasteiger partial charge in [0.05, 0.1) is 17.9 Å². The summed E-state index contributed by atoms with van der Waals surface area (Å²) in [4.78, 5) is 35.3. The minimum Gasteiger partial charge on any atom is -0.481 e. The van der Waals surface area contributed by atoms with Gasteiger partial charge < -0.3 is 15.2 Å². The first-order valence-corrected chi connectivity index (χ1v) is 14.4. The second-order valence-electron chi connectivity index (χ2n) is 8.45. The standard InChI is InChI=1S/C24H25BrF2N4O4S2/c1-2-35-24(34)20-18(10-31-9-14(27)7-15(31)11-36-12-19(32)33)29-22(23-28-5-6-37-23)30-21(20)16-4-3-13(26)8-17(16)25/h3-6,8,14-15,21H,2,7,9-12H2,1H3,(H,29,30)(H,32,33)/t14?,15?,21-/m0/s1. The van der Waals surface area contributed by atoms with Crippen LogP contribution in [0.25, 0.3) is 0 Å². The van der Waals surface area contributed by atoms with E-state index in [1.54, 1.807) is 24.6 Å². The van der Waals surface area contributed by atoms with Gasteiger partial charge in [-0.1, -0.05) is 22.0 Å². The summed E-state index contributed by atoms with van der Waals surface area (Å²) in [6.45, 7) is 2.17. The number of carbonyl (C=O) groups excluding carboxylic acids is 1. The molecule has 3 atom stereocenters. The third-order valence-electron chi connectivity index (χ3n) is 5.89. The number of nitrogens with zero attached hydrogens (tertiary/aromatic N) is 3. The van der Waals surface area contributed by atoms with E-state index in [1.165, 1.54) is 35.2 Å². The van der Waals surface area contributed by atoms with Crippen LogP contribution in [0.4, 0.5) is 8.78 Å². The average Bonchev–Trinajstić information content (AvgIpc) is 3.49. The Bertz CT molecular complexity index is 1210. The van der Waals surface area contributed by atoms with Gasteiger partial charge in [-0.05, 0) is 31.0 Å². The number of carboxylic acids is 1. The lowest BCUT2D eigenvalue weighted by molar-refractivity contribution is -0.139. The van der Waals surface area contributed by atoms with E-state index in [0.717, 1.165) is 0 Å². The molecule has 2 N–H and O–H groups in total. The number of hydrogen-bond acceptors (Lipinski definition) is 9. The van der Waals surface area contributed by atoms with Gasteiger partial charge in [0, 0.05) is 46.6 Å². The van der Waals surface area contributed by atoms with Crippen LogP contribution in [0, 0.1) is 5.82 Å². The molecule has 0 radical (unpaired) electrons. The maximum Gasteiger partial charge on any atom is 0.338 e. The molecular weight excluding hydrogens is 590 g/mol. The number of nitrogens with one attached hydrogen (secondary N) is 1. The Morgan fingerprint density at radius 3 is 2.89 bits per heavy atom. The van der Waals surface area contributed by atoms with Crippen molar-refractivity contribution in [2.75, 3.05) is 31.2 Å². The molecule has 2 aliphatic heterocycles. The highest BCUT2D eigenvalue weighted by Crippen LogP contribution is 2.37. The Kier molecular flexibility index (Phi) is 9.32. The molecule has 4 rings (SSSR count). The van der Waals surface area contributed by atoms with Gasteiger partial charge in [0.2, 0.25) is 0 Å². The van der Waals surface area contributed by atoms with Crippen molar-refractivity contribution in [1.82, 2.24) is 15.2 Å². The maximum absolute atomic E-state index is 14.5. The number of likely N-dealkylation sites (tertiary alicyclic amines) is 1. The number of amidine groups is 1. The lowest BCUT2D eigenvalue weighted by atomic mass is 9.95. The number of aromatic nitrogens is 1. The van der Waals surface area contributed by atoms with Crippen LogP contribution in [0.15, 0.2) is 50.5 Å². The zero-order valence-electron chi connectivity index (χ0n) is 19.8. The van der Waals surface area contributed by atoms with Gasteiger partial charge in [-0.25, -0.2) is 18.6 Å². The molecule has 0 aliphatic carbocycles. The van der Waals surface area contributed by atoms with E-state index in [1.807, 2.05) is 4.90 Å². The smallest absolute Gasteiger partial charge is 0.338 e. The normalized spacial score (nSPS) is 22.1. The van der Waals surface area contributed by atoms with Crippen molar-refractivity contribution in [3.05, 3.63) is 61.9 Å². The monoisotopic (exact) mass is 614 g/mol. The Labute approximate surface area is 229 Å². The maximum atomic E-state index is 14.5. The number of alkyl halides is 1. The fourth-order valence-electron chi connectivity index (χ4n) is 4.34. The van der Waals surface area contributed by atoms with Gasteiger partial charge in [0.25, 0.3) is 0 Å². The molecule has 0 bridgehead atoms. The molecular formula is C24H25BrF2N4O4S2. The third-order valence-corrected chi connectivity index (χ3v) is 8.43. The van der Waals surface area contributed by atoms with Crippen molar-refractivity contribution in [3.63, 3.8) is 0 Å². The molecule has 2 aliphatic rings. The quantitative estimate of drug-likeness (QED) is 0.384. The number of rotatable bonds is 10. The number of carboxylic acid groups (broad SMARTS) is 1. The predicted octanol–water partition coefficient (Wildman–Crippen LogP) is 4.18. The highest BCUT2D eigenvalue weighted by molar-refractivity contribution is 9.10. The van der Waals surface area contributed by atoms with Crippen LogP contribution in [0.1, 0.15) is 30.0 Å². The number of hydrogen-bond donors (Lipinski definition) is 2. The third kappa shape index (κ3) is 6.75. The van der Waals surface area contributed by atoms with Crippen LogP contribution >= 0.6 is 39.0 Å². The predicted molar refractivity (Wildman–Crippen MR) is 142 cm³/mol. The van der Waals surface area contributed by atoms with Gasteiger partial charge in [-0.15, -0.1) is 23.1 Å². The zero-order chi connectivity index (χ0) is 26.5. The molecule has 1 saturated heterocycles. The highest BCUT2D eigenvalue weighted by Gasteiger charge is 2.38. The minimum absolute atomic E-state index is 0.0716. The van der Waals surface area contributed by atoms with Crippen LogP contribution < -0.4 is 5.32 Å². The average molecular weight is 616 g/mol. The number of carbonyl (C=O) groups is 2. The van der Waals surface area contributed by atoms with Gasteiger partial charge in [0.15, 0.2) is 10.8 Å². The van der Waals surface area contributed by atoms with E-state index < -0.39 is 30.0 Å². The molecule has 0 saturated carbocycles. The van der Waals surface area contributed by atoms with E-state index in [0.29, 0.717) is 32.3 Å². The summed E-state index contributed by atoms with van der Waals surface area (Å²) in [5.74, 6) is -1.14. The molecule has 0 spiro atoms. The lowest BCUT2D eigenvalue weighted by Gasteiger charge is -2.31. The van der Waals surface area contributed by atoms with Crippen molar-refractivity contribution in [2.24, 2.45) is 4.99 Å². The highest BCUT2D eigenvalue weighted by atomic mass is 79.9. The molecule has 1 aromatic heterocycles. The second-order valence-corrected chi connectivity index (χ2v) is 11.2. The van der Waals surface area contributed by atoms with Crippen molar-refractivity contribution in [1.29, 1.82) is 0 Å². The van der Waals surface area contributed by atoms with E-state index in [-0.39, 0.29) is 43.5 Å². The second kappa shape index (κ2) is 12.5. The number of ether oxygens (including phenoxy) is 1. The van der Waals surface area contributed by atoms with Crippen molar-refractivity contribution in [2.45, 2.75) is 31.6 Å². The number of benzene rings is 1. The van der Waals surface area contributed by atoms with E-state index in [4.69, 9.17) is 14.8 Å². The molecule has 2 aromatic rings. The van der Waals surface area contributed by atoms with Crippen LogP contribution in [-0.2, 0) is 14.3 Å². The van der Waals surface area contributed by atoms with Gasteiger partial charge in [-0.2, -0.15) is 0 Å². The number of thioether (sulfide) groups is 1. The summed E-state index contributed by atoms with van der Waals surface area (Å²) in [5.41, 5.74) is 1.30. The molecule has 8 nitrogen and oxygen atoms in total. The molecule has 37 heavy (non-hydrogen) atoms. The van der Waals surface area contributed by atoms with Crippen LogP contribution in [0.5, 0.6) is 0 Å². The molecule has 2 unspecified atom stereocenters. The number of aliphatic carboxylic acids is 1. The molecule has 198 valence electrons. The fourth-order valence-corrected chi connectivity index (χ4v) is 6.41. The molecule has 0 amide bonds. The zero-order valence-corrected chi connectivity index (χ0v) is 23.0. The summed E-state index contributed by atoms with van der Waals surface area (Å²) in [6.07, 6.45) is 0.843. The molecule has 3 heterocycles. The van der Waals surface area contributed by atoms with Gasteiger partial charge >= 0.3 is 11.9 Å². The van der Waals surface area contributed by atoms with Crippen LogP contribution in [0.3, 0.4) is 0 Å². The first-order chi connectivity index (χ1) is 17.8. The first kappa shape index (κ1) is 27.7. The van der Waals surface area contributed by atoms with E-state index in [2.05, 4.69) is 26.2 Å². The lowest BCUT2D eigenvalue weighted by Crippen LogP contribution is -2.42. The van der Waals surface area contributed by atoms with Crippen LogP contribution in [0.2, 0.25) is 0 Å². The summed E-state index contributed by atoms with van der Waals surface area (Å²) in [6, 6.07) is 3.13. The SMILES string of the molecule is CCOC(=O)C1=C(CN2CC(F)CC2CSCC(=O)O)NC(c2nccs2)=N[C@H]1c1ccc(F)cc1Br. The van der Waals surface area contributed by atoms with Crippen molar-refractivity contribution >= 4 is 56.8 Å². The minimum atomic E-state index is -1.07. The first-order valence-electron chi connectivity index (χ1n) is 11.5. The largest absolute Gasteiger partial charge is 0.481 e. The molecule has 1 fully saturated rings. The number of esters is 1. The summed E-state index contributed by atoms with van der Waals surface area (Å²) >= 11 is 6.00. The number of aliphatic imine (C=N–C) groups is 1. The van der Waals surface area contributed by atoms with E-state index >= 15 is 0 Å². The Balaban J connectivity index is 1.74. The Morgan fingerprint density at radius 1 is 1.41 bits per heavy atom. The van der Waals surface area contributed by atoms with Crippen molar-refractivity contribution in [3.8, 4) is 0 Å². The molecule has 13 heteroatoms. The van der Waals surface area contributed by atoms with Gasteiger partial charge in [-0.3, -0.25) is 14.7 Å². The number of thiazole rings is 1. The topological polar surface area (TPSA) is 104 Å². The van der Waals surface area contributed by atoms with Crippen molar-refractivity contribution < 1.29 is 28.2 Å². The Hall–Kier alpha value is -2.35. The van der Waals surface area contributed by atoms with Crippen LogP contribution in [-0.4, -0.2) is 76.2 Å². The summed E-state index contributed by atoms with van der Waals surface area (Å²) in [5, 5.41) is 14.6. The van der Waals surface area contributed by atoms with E-state index in [9.17, 15) is 18.4 Å². The summed E-state index contributed by atoms with van der Waals surface area (Å²) in [7, 11) is 0. The molecule has 1 aromatic carbocycles. The number of halogens is 3. The van der Waals surface area contributed by atoms with Gasteiger partial charge in [0.1, 0.15) is 18.0 Å². The fraction of sp³-hybridized carbons (Fsp3) is 0.417. The Morgan fingerprint density at radius 2 is 2.22 bits per heavy atom. The summed E-state index contributed by atoms with van der Waals surface area (Å²) < 4.78 is 34.2.